The van der Waals surface area contributed by atoms with Gasteiger partial charge in [0.2, 0.25) is 0 Å². The number of allylic oxidation sites excluding steroid dienone is 1. The summed E-state index contributed by atoms with van der Waals surface area (Å²) < 4.78 is 0. The van der Waals surface area contributed by atoms with Crippen LogP contribution in [0.25, 0.3) is 0 Å². The van der Waals surface area contributed by atoms with Crippen molar-refractivity contribution in [1.29, 1.82) is 5.26 Å². The third-order valence-electron chi connectivity index (χ3n) is 0.396. The molecule has 0 aliphatic carbocycles. The Balaban J connectivity index is 3.57. The van der Waals surface area contributed by atoms with Gasteiger partial charge in [0.1, 0.15) is 6.07 Å². The van der Waals surface area contributed by atoms with Gasteiger partial charge in [-0.05, 0) is 0 Å². The first-order valence-corrected chi connectivity index (χ1v) is 2.22. The predicted molar refractivity (Wildman–Crippen MR) is 31.7 cm³/mol. The van der Waals surface area contributed by atoms with E-state index in [2.05, 4.69) is 17.9 Å². The lowest BCUT2D eigenvalue weighted by atomic mass is 10.7. The van der Waals surface area contributed by atoms with Crippen LogP contribution in [0.5, 0.6) is 0 Å². The summed E-state index contributed by atoms with van der Waals surface area (Å²) in [6.07, 6.45) is 1.52. The highest BCUT2D eigenvalue weighted by molar-refractivity contribution is 7.84. The highest BCUT2D eigenvalue weighted by atomic mass is 32.1. The van der Waals surface area contributed by atoms with Crippen LogP contribution in [0.2, 0.25) is 0 Å². The molecule has 0 radical (unpaired) electrons. The molecule has 0 atom stereocenters. The van der Waals surface area contributed by atoms with E-state index in [0.717, 1.165) is 0 Å². The summed E-state index contributed by atoms with van der Waals surface area (Å²) in [6, 6.07) is 1.83. The maximum Gasteiger partial charge on any atom is 0.107 e. The van der Waals surface area contributed by atoms with Crippen molar-refractivity contribution in [2.75, 3.05) is 7.05 Å². The van der Waals surface area contributed by atoms with Crippen LogP contribution in [0.15, 0.2) is 11.1 Å². The van der Waals surface area contributed by atoms with Gasteiger partial charge in [-0.25, -0.2) is 0 Å². The summed E-state index contributed by atoms with van der Waals surface area (Å²) in [5, 5.41) is 10.7. The molecule has 7 heavy (non-hydrogen) atoms. The molecule has 0 spiro atoms. The Hall–Kier alpha value is -0.620. The van der Waals surface area contributed by atoms with E-state index in [1.165, 1.54) is 6.20 Å². The third-order valence-corrected chi connectivity index (χ3v) is 0.625. The zero-order valence-electron chi connectivity index (χ0n) is 3.97. The molecule has 0 unspecified atom stereocenters. The monoisotopic (exact) mass is 114 g/mol. The lowest BCUT2D eigenvalue weighted by molar-refractivity contribution is 1.10. The van der Waals surface area contributed by atoms with Gasteiger partial charge in [0.15, 0.2) is 0 Å². The van der Waals surface area contributed by atoms with Gasteiger partial charge < -0.3 is 5.32 Å². The lowest BCUT2D eigenvalue weighted by Gasteiger charge is -1.81. The molecule has 38 valence electrons. The first-order valence-electron chi connectivity index (χ1n) is 1.77. The zero-order chi connectivity index (χ0) is 5.70. The smallest absolute Gasteiger partial charge is 0.107 e. The molecule has 0 heterocycles. The average molecular weight is 114 g/mol. The fourth-order valence-corrected chi connectivity index (χ4v) is 0.298. The zero-order valence-corrected chi connectivity index (χ0v) is 4.87. The van der Waals surface area contributed by atoms with E-state index in [9.17, 15) is 0 Å². The number of nitrogens with one attached hydrogen (secondary N) is 1. The maximum atomic E-state index is 8.03. The molecule has 0 aromatic rings. The van der Waals surface area contributed by atoms with E-state index >= 15 is 0 Å². The fraction of sp³-hybridized carbons (Fsp3) is 0.250. The third kappa shape index (κ3) is 3.20. The predicted octanol–water partition coefficient (Wildman–Crippen LogP) is 0.501. The molecule has 3 heteroatoms. The van der Waals surface area contributed by atoms with Gasteiger partial charge in [0.25, 0.3) is 0 Å². The van der Waals surface area contributed by atoms with Crippen molar-refractivity contribution in [2.24, 2.45) is 0 Å². The second kappa shape index (κ2) is 3.57. The summed E-state index contributed by atoms with van der Waals surface area (Å²) in [5.41, 5.74) is 0. The van der Waals surface area contributed by atoms with Crippen LogP contribution in [-0.4, -0.2) is 7.05 Å². The van der Waals surface area contributed by atoms with E-state index < -0.39 is 0 Å². The Bertz CT molecular complexity index is 111. The highest BCUT2D eigenvalue weighted by Gasteiger charge is 1.76. The van der Waals surface area contributed by atoms with Crippen LogP contribution < -0.4 is 5.32 Å². The molecular formula is C4H6N2S. The van der Waals surface area contributed by atoms with Gasteiger partial charge in [-0.1, -0.05) is 0 Å². The van der Waals surface area contributed by atoms with E-state index in [1.807, 2.05) is 6.07 Å². The van der Waals surface area contributed by atoms with E-state index in [1.54, 1.807) is 7.05 Å². The van der Waals surface area contributed by atoms with Crippen molar-refractivity contribution in [2.45, 2.75) is 0 Å². The Kier molecular flexibility index (Phi) is 3.25. The number of thiol groups is 1. The summed E-state index contributed by atoms with van der Waals surface area (Å²) >= 11 is 3.75. The summed E-state index contributed by atoms with van der Waals surface area (Å²) in [4.78, 5) is 0.391. The second-order valence-corrected chi connectivity index (χ2v) is 1.41. The fourth-order valence-electron chi connectivity index (χ4n) is 0.169. The molecule has 1 N–H and O–H groups in total. The molecule has 0 aromatic heterocycles. The molecule has 0 fully saturated rings. The topological polar surface area (TPSA) is 35.8 Å². The molecular weight excluding hydrogens is 108 g/mol. The van der Waals surface area contributed by atoms with Gasteiger partial charge in [-0.2, -0.15) is 5.26 Å². The Labute approximate surface area is 48.2 Å². The van der Waals surface area contributed by atoms with Crippen LogP contribution in [0.3, 0.4) is 0 Å². The number of hydrogen-bond donors (Lipinski definition) is 2. The number of nitrogens with zero attached hydrogens (tertiary/aromatic N) is 1. The van der Waals surface area contributed by atoms with Crippen LogP contribution in [-0.2, 0) is 0 Å². The van der Waals surface area contributed by atoms with Crippen LogP contribution in [0.4, 0.5) is 0 Å². The summed E-state index contributed by atoms with van der Waals surface area (Å²) in [5.74, 6) is 0. The first kappa shape index (κ1) is 6.38. The quantitative estimate of drug-likeness (QED) is 0.384. The average Bonchev–Trinajstić information content (AvgIpc) is 1.68. The molecule has 0 saturated carbocycles. The highest BCUT2D eigenvalue weighted by Crippen LogP contribution is 1.91. The van der Waals surface area contributed by atoms with Crippen molar-refractivity contribution in [3.05, 3.63) is 11.1 Å². The Morgan fingerprint density at radius 2 is 2.57 bits per heavy atom. The van der Waals surface area contributed by atoms with Gasteiger partial charge >= 0.3 is 0 Å². The van der Waals surface area contributed by atoms with Crippen molar-refractivity contribution in [1.82, 2.24) is 5.32 Å². The SMILES string of the molecule is CN/C=C(\S)C#N. The molecule has 0 bridgehead atoms. The van der Waals surface area contributed by atoms with E-state index in [4.69, 9.17) is 5.26 Å². The first-order chi connectivity index (χ1) is 3.31. The van der Waals surface area contributed by atoms with Crippen molar-refractivity contribution in [3.63, 3.8) is 0 Å². The van der Waals surface area contributed by atoms with Gasteiger partial charge in [-0.15, -0.1) is 12.6 Å². The van der Waals surface area contributed by atoms with Crippen molar-refractivity contribution < 1.29 is 0 Å². The van der Waals surface area contributed by atoms with Crippen LogP contribution in [0, 0.1) is 11.3 Å². The van der Waals surface area contributed by atoms with E-state index in [0.29, 0.717) is 4.91 Å². The molecule has 0 rings (SSSR count). The van der Waals surface area contributed by atoms with Gasteiger partial charge in [0, 0.05) is 13.2 Å². The summed E-state index contributed by atoms with van der Waals surface area (Å²) in [7, 11) is 1.72. The second-order valence-electron chi connectivity index (χ2n) is 0.930. The minimum Gasteiger partial charge on any atom is -0.392 e. The molecule has 2 nitrogen and oxygen atoms in total. The minimum atomic E-state index is 0.391. The number of hydrogen-bond acceptors (Lipinski definition) is 3. The largest absolute Gasteiger partial charge is 0.392 e. The molecule has 0 saturated heterocycles. The van der Waals surface area contributed by atoms with Crippen molar-refractivity contribution in [3.8, 4) is 6.07 Å². The van der Waals surface area contributed by atoms with Gasteiger partial charge in [-0.3, -0.25) is 0 Å². The number of rotatable bonds is 1. The lowest BCUT2D eigenvalue weighted by Crippen LogP contribution is -1.91. The number of nitriles is 1. The maximum absolute atomic E-state index is 8.03. The van der Waals surface area contributed by atoms with Crippen LogP contribution in [0.1, 0.15) is 0 Å². The normalized spacial score (nSPS) is 10.1. The standard InChI is InChI=1S/C4H6N2S/c1-6-3-4(7)2-5/h3,6-7H,1H3/b4-3-. The van der Waals surface area contributed by atoms with E-state index in [-0.39, 0.29) is 0 Å². The van der Waals surface area contributed by atoms with Crippen LogP contribution >= 0.6 is 12.6 Å². The molecule has 0 aliphatic heterocycles. The molecule has 0 aliphatic rings. The van der Waals surface area contributed by atoms with Crippen molar-refractivity contribution >= 4 is 12.6 Å². The molecule has 0 aromatic carbocycles. The minimum absolute atomic E-state index is 0.391. The van der Waals surface area contributed by atoms with Gasteiger partial charge in [0.05, 0.1) is 4.91 Å². The summed E-state index contributed by atoms with van der Waals surface area (Å²) in [6.45, 7) is 0. The Morgan fingerprint density at radius 3 is 2.71 bits per heavy atom. The Morgan fingerprint density at radius 1 is 2.00 bits per heavy atom. The molecule has 0 amide bonds.